The van der Waals surface area contributed by atoms with Crippen LogP contribution in [0.4, 0.5) is 0 Å². The molecule has 136 valence electrons. The van der Waals surface area contributed by atoms with Gasteiger partial charge in [0, 0.05) is 16.1 Å². The second-order valence-corrected chi connectivity index (χ2v) is 5.85. The van der Waals surface area contributed by atoms with Crippen molar-refractivity contribution >= 4 is 29.3 Å². The summed E-state index contributed by atoms with van der Waals surface area (Å²) in [6.45, 7) is 1.12. The number of methoxy groups -OCH3 is 1. The summed E-state index contributed by atoms with van der Waals surface area (Å²) in [5.74, 6) is -0.981. The van der Waals surface area contributed by atoms with Crippen molar-refractivity contribution in [1.29, 1.82) is 0 Å². The van der Waals surface area contributed by atoms with E-state index in [1.165, 1.54) is 14.0 Å². The second-order valence-electron chi connectivity index (χ2n) is 5.42. The molecule has 6 nitrogen and oxygen atoms in total. The molecule has 0 saturated carbocycles. The zero-order valence-corrected chi connectivity index (χ0v) is 15.1. The van der Waals surface area contributed by atoms with E-state index in [-0.39, 0.29) is 12.3 Å². The third-order valence-electron chi connectivity index (χ3n) is 3.53. The molecule has 2 aromatic rings. The number of hydrogen-bond acceptors (Lipinski definition) is 5. The van der Waals surface area contributed by atoms with E-state index in [1.807, 2.05) is 0 Å². The summed E-state index contributed by atoms with van der Waals surface area (Å²) >= 11 is 5.78. The van der Waals surface area contributed by atoms with Crippen LogP contribution >= 0.6 is 11.6 Å². The van der Waals surface area contributed by atoms with Gasteiger partial charge in [-0.25, -0.2) is 0 Å². The first kappa shape index (κ1) is 19.5. The number of halogens is 1. The van der Waals surface area contributed by atoms with Gasteiger partial charge in [0.2, 0.25) is 5.78 Å². The number of benzene rings is 2. The van der Waals surface area contributed by atoms with Crippen molar-refractivity contribution < 1.29 is 23.9 Å². The number of ketones is 1. The van der Waals surface area contributed by atoms with Crippen molar-refractivity contribution in [3.63, 3.8) is 0 Å². The summed E-state index contributed by atoms with van der Waals surface area (Å²) in [5.41, 5.74) is 0.734. The van der Waals surface area contributed by atoms with Crippen LogP contribution in [0.25, 0.3) is 0 Å². The zero-order valence-electron chi connectivity index (χ0n) is 14.3. The molecule has 0 aliphatic carbocycles. The van der Waals surface area contributed by atoms with E-state index >= 15 is 0 Å². The smallest absolute Gasteiger partial charge is 0.326 e. The lowest BCUT2D eigenvalue weighted by Gasteiger charge is -2.13. The summed E-state index contributed by atoms with van der Waals surface area (Å²) in [6.07, 6.45) is -0.975. The Hall–Kier alpha value is -2.86. The largest absolute Gasteiger partial charge is 0.497 e. The number of carbonyl (C=O) groups excluding carboxylic acids is 3. The first-order valence-electron chi connectivity index (χ1n) is 7.82. The Morgan fingerprint density at radius 3 is 2.42 bits per heavy atom. The van der Waals surface area contributed by atoms with Gasteiger partial charge >= 0.3 is 5.97 Å². The van der Waals surface area contributed by atoms with E-state index in [1.54, 1.807) is 48.5 Å². The summed E-state index contributed by atoms with van der Waals surface area (Å²) in [4.78, 5) is 36.1. The van der Waals surface area contributed by atoms with Gasteiger partial charge < -0.3 is 14.8 Å². The minimum atomic E-state index is -0.975. The molecule has 0 bridgehead atoms. The topological polar surface area (TPSA) is 81.7 Å². The van der Waals surface area contributed by atoms with Gasteiger partial charge in [-0.1, -0.05) is 17.7 Å². The third-order valence-corrected chi connectivity index (χ3v) is 3.78. The predicted octanol–water partition coefficient (Wildman–Crippen LogP) is 2.89. The monoisotopic (exact) mass is 375 g/mol. The number of nitrogens with one attached hydrogen (secondary N) is 1. The number of ether oxygens (including phenoxy) is 2. The maximum Gasteiger partial charge on any atom is 0.326 e. The fourth-order valence-corrected chi connectivity index (χ4v) is 2.29. The Morgan fingerprint density at radius 1 is 1.08 bits per heavy atom. The molecule has 1 N–H and O–H groups in total. The number of hydrogen-bond donors (Lipinski definition) is 1. The first-order valence-corrected chi connectivity index (χ1v) is 8.20. The second kappa shape index (κ2) is 9.01. The normalized spacial score (nSPS) is 11.3. The van der Waals surface area contributed by atoms with E-state index in [0.717, 1.165) is 0 Å². The van der Waals surface area contributed by atoms with Crippen LogP contribution in [0.2, 0.25) is 5.02 Å². The summed E-state index contributed by atoms with van der Waals surface area (Å²) < 4.78 is 10.1. The summed E-state index contributed by atoms with van der Waals surface area (Å²) in [5, 5.41) is 2.95. The van der Waals surface area contributed by atoms with Crippen LogP contribution in [0.1, 0.15) is 27.6 Å². The van der Waals surface area contributed by atoms with Crippen LogP contribution in [0.15, 0.2) is 48.5 Å². The van der Waals surface area contributed by atoms with E-state index in [0.29, 0.717) is 21.9 Å². The number of carbonyl (C=O) groups is 3. The maximum absolute atomic E-state index is 12.2. The molecule has 0 heterocycles. The van der Waals surface area contributed by atoms with Crippen LogP contribution in [-0.2, 0) is 9.53 Å². The molecule has 0 aliphatic rings. The SMILES string of the molecule is COc1cccc(C(=O)NCC(=O)O[C@@H](C)C(=O)c2ccc(Cl)cc2)c1. The molecule has 0 saturated heterocycles. The van der Waals surface area contributed by atoms with Crippen molar-refractivity contribution in [1.82, 2.24) is 5.32 Å². The molecule has 1 atom stereocenters. The maximum atomic E-state index is 12.2. The molecule has 0 radical (unpaired) electrons. The molecule has 2 rings (SSSR count). The first-order chi connectivity index (χ1) is 12.4. The van der Waals surface area contributed by atoms with Gasteiger partial charge in [0.05, 0.1) is 7.11 Å². The molecular formula is C19H18ClNO5. The summed E-state index contributed by atoms with van der Waals surface area (Å²) in [6, 6.07) is 12.8. The fourth-order valence-electron chi connectivity index (χ4n) is 2.16. The lowest BCUT2D eigenvalue weighted by atomic mass is 10.1. The van der Waals surface area contributed by atoms with Crippen LogP contribution in [-0.4, -0.2) is 37.4 Å². The highest BCUT2D eigenvalue weighted by molar-refractivity contribution is 6.30. The number of amides is 1. The van der Waals surface area contributed by atoms with Gasteiger partial charge in [0.15, 0.2) is 6.10 Å². The van der Waals surface area contributed by atoms with Gasteiger partial charge in [0.1, 0.15) is 12.3 Å². The predicted molar refractivity (Wildman–Crippen MR) is 96.7 cm³/mol. The van der Waals surface area contributed by atoms with Crippen LogP contribution < -0.4 is 10.1 Å². The Labute approximate surface area is 156 Å². The lowest BCUT2D eigenvalue weighted by molar-refractivity contribution is -0.145. The molecular weight excluding hydrogens is 358 g/mol. The van der Waals surface area contributed by atoms with E-state index < -0.39 is 18.0 Å². The van der Waals surface area contributed by atoms with Crippen molar-refractivity contribution in [2.75, 3.05) is 13.7 Å². The Kier molecular flexibility index (Phi) is 6.74. The van der Waals surface area contributed by atoms with Crippen LogP contribution in [0.5, 0.6) is 5.75 Å². The van der Waals surface area contributed by atoms with Crippen molar-refractivity contribution in [2.45, 2.75) is 13.0 Å². The molecule has 1 amide bonds. The van der Waals surface area contributed by atoms with Gasteiger partial charge in [-0.3, -0.25) is 14.4 Å². The fraction of sp³-hybridized carbons (Fsp3) is 0.211. The average Bonchev–Trinajstić information content (AvgIpc) is 2.66. The highest BCUT2D eigenvalue weighted by Crippen LogP contribution is 2.13. The van der Waals surface area contributed by atoms with Gasteiger partial charge in [-0.15, -0.1) is 0 Å². The highest BCUT2D eigenvalue weighted by Gasteiger charge is 2.20. The molecule has 0 aliphatic heterocycles. The minimum Gasteiger partial charge on any atom is -0.497 e. The number of Topliss-reactive ketones (excluding diaryl/α,β-unsaturated/α-hetero) is 1. The van der Waals surface area contributed by atoms with E-state index in [2.05, 4.69) is 5.32 Å². The zero-order chi connectivity index (χ0) is 19.1. The Bertz CT molecular complexity index is 804. The van der Waals surface area contributed by atoms with Crippen molar-refractivity contribution in [2.24, 2.45) is 0 Å². The Morgan fingerprint density at radius 2 is 1.77 bits per heavy atom. The Balaban J connectivity index is 1.86. The molecule has 7 heteroatoms. The third kappa shape index (κ3) is 5.32. The molecule has 0 unspecified atom stereocenters. The van der Waals surface area contributed by atoms with Gasteiger partial charge in [-0.05, 0) is 49.4 Å². The molecule has 26 heavy (non-hydrogen) atoms. The minimum absolute atomic E-state index is 0.349. The molecule has 0 aromatic heterocycles. The van der Waals surface area contributed by atoms with E-state index in [4.69, 9.17) is 21.1 Å². The average molecular weight is 376 g/mol. The molecule has 0 spiro atoms. The van der Waals surface area contributed by atoms with Gasteiger partial charge in [-0.2, -0.15) is 0 Å². The van der Waals surface area contributed by atoms with Crippen molar-refractivity contribution in [3.8, 4) is 5.75 Å². The standard InChI is InChI=1S/C19H18ClNO5/c1-12(18(23)13-6-8-15(20)9-7-13)26-17(22)11-21-19(24)14-4-3-5-16(10-14)25-2/h3-10,12H,11H2,1-2H3,(H,21,24)/t12-/m0/s1. The van der Waals surface area contributed by atoms with Crippen molar-refractivity contribution in [3.05, 3.63) is 64.7 Å². The molecule has 2 aromatic carbocycles. The summed E-state index contributed by atoms with van der Waals surface area (Å²) in [7, 11) is 1.49. The number of esters is 1. The van der Waals surface area contributed by atoms with Gasteiger partial charge in [0.25, 0.3) is 5.91 Å². The quantitative estimate of drug-likeness (QED) is 0.594. The molecule has 0 fully saturated rings. The number of rotatable bonds is 7. The van der Waals surface area contributed by atoms with Crippen LogP contribution in [0.3, 0.4) is 0 Å². The lowest BCUT2D eigenvalue weighted by Crippen LogP contribution is -2.34. The van der Waals surface area contributed by atoms with Crippen LogP contribution in [0, 0.1) is 0 Å². The highest BCUT2D eigenvalue weighted by atomic mass is 35.5. The van der Waals surface area contributed by atoms with E-state index in [9.17, 15) is 14.4 Å².